The quantitative estimate of drug-likeness (QED) is 0.677. The molecular weight excluding hydrogens is 208 g/mol. The van der Waals surface area contributed by atoms with E-state index in [4.69, 9.17) is 0 Å². The minimum Gasteiger partial charge on any atom is -0.197 e. The van der Waals surface area contributed by atoms with Crippen LogP contribution in [0.15, 0.2) is 35.3 Å². The maximum Gasteiger partial charge on any atom is -0.0183 e. The van der Waals surface area contributed by atoms with E-state index in [1.807, 2.05) is 29.3 Å². The third kappa shape index (κ3) is 3.08. The van der Waals surface area contributed by atoms with E-state index in [0.717, 1.165) is 0 Å². The van der Waals surface area contributed by atoms with Gasteiger partial charge in [0, 0.05) is 0 Å². The summed E-state index contributed by atoms with van der Waals surface area (Å²) in [6.45, 7) is 0. The van der Waals surface area contributed by atoms with Crippen LogP contribution in [0.2, 0.25) is 0 Å². The normalized spacial score (nSPS) is 9.30. The van der Waals surface area contributed by atoms with Crippen molar-refractivity contribution in [3.05, 3.63) is 40.9 Å². The zero-order chi connectivity index (χ0) is 6.53. The molecule has 0 fully saturated rings. The van der Waals surface area contributed by atoms with Crippen molar-refractivity contribution in [3.8, 4) is 0 Å². The Morgan fingerprint density at radius 3 is 2.20 bits per heavy atom. The third-order valence-electron chi connectivity index (χ3n) is 1.06. The van der Waals surface area contributed by atoms with Gasteiger partial charge in [-0.3, -0.25) is 0 Å². The van der Waals surface area contributed by atoms with Gasteiger partial charge in [0.1, 0.15) is 0 Å². The molecule has 0 unspecified atom stereocenters. The molecule has 0 amide bonds. The van der Waals surface area contributed by atoms with Crippen LogP contribution in [-0.2, 0) is 0 Å². The Morgan fingerprint density at radius 2 is 1.70 bits per heavy atom. The molecule has 0 aliphatic heterocycles. The van der Waals surface area contributed by atoms with Gasteiger partial charge in [0.15, 0.2) is 0 Å². The van der Waals surface area contributed by atoms with Gasteiger partial charge < -0.3 is 0 Å². The van der Waals surface area contributed by atoms with E-state index in [1.54, 1.807) is 0 Å². The molecule has 1 aromatic carbocycles. The van der Waals surface area contributed by atoms with Gasteiger partial charge in [-0.25, -0.2) is 0 Å². The largest absolute Gasteiger partial charge is 0.197 e. The summed E-state index contributed by atoms with van der Waals surface area (Å²) >= 11 is 3.21. The van der Waals surface area contributed by atoms with Crippen molar-refractivity contribution in [2.45, 2.75) is 0 Å². The number of rotatable bonds is 1. The van der Waals surface area contributed by atoms with E-state index in [2.05, 4.69) is 28.1 Å². The lowest BCUT2D eigenvalue weighted by atomic mass is 10.2. The first-order valence-electron chi connectivity index (χ1n) is 2.75. The molecule has 0 spiro atoms. The Balaban J connectivity index is 0.000000810. The molecule has 0 aromatic heterocycles. The van der Waals surface area contributed by atoms with Crippen molar-refractivity contribution in [2.75, 3.05) is 0 Å². The average Bonchev–Trinajstić information content (AvgIpc) is 1.91. The summed E-state index contributed by atoms with van der Waals surface area (Å²) in [5, 5.41) is 0. The molecule has 0 radical (unpaired) electrons. The Labute approximate surface area is 76.5 Å². The molecule has 0 aliphatic rings. The standard InChI is InChI=1S/C8H7Br.H2S/c9-7-6-8-4-2-1-3-5-8;/h1-7H;1H2. The lowest BCUT2D eigenvalue weighted by molar-refractivity contribution is 1.67. The lowest BCUT2D eigenvalue weighted by Crippen LogP contribution is -1.64. The highest BCUT2D eigenvalue weighted by Gasteiger charge is 1.78. The molecule has 0 atom stereocenters. The van der Waals surface area contributed by atoms with Gasteiger partial charge in [-0.1, -0.05) is 46.3 Å². The third-order valence-corrected chi connectivity index (χ3v) is 1.32. The molecule has 1 aromatic rings. The van der Waals surface area contributed by atoms with Crippen molar-refractivity contribution in [3.63, 3.8) is 0 Å². The molecule has 54 valence electrons. The highest BCUT2D eigenvalue weighted by Crippen LogP contribution is 2.01. The summed E-state index contributed by atoms with van der Waals surface area (Å²) in [6, 6.07) is 10.1. The first-order valence-corrected chi connectivity index (χ1v) is 3.67. The molecule has 0 nitrogen and oxygen atoms in total. The van der Waals surface area contributed by atoms with Crippen LogP contribution >= 0.6 is 29.4 Å². The fourth-order valence-electron chi connectivity index (χ4n) is 0.637. The van der Waals surface area contributed by atoms with E-state index < -0.39 is 0 Å². The molecule has 0 N–H and O–H groups in total. The van der Waals surface area contributed by atoms with Crippen LogP contribution in [0.1, 0.15) is 5.56 Å². The van der Waals surface area contributed by atoms with Gasteiger partial charge in [-0.05, 0) is 16.6 Å². The summed E-state index contributed by atoms with van der Waals surface area (Å²) in [6.07, 6.45) is 2.00. The molecule has 10 heavy (non-hydrogen) atoms. The van der Waals surface area contributed by atoms with E-state index in [9.17, 15) is 0 Å². The van der Waals surface area contributed by atoms with Crippen molar-refractivity contribution in [1.29, 1.82) is 0 Å². The van der Waals surface area contributed by atoms with Crippen molar-refractivity contribution in [1.82, 2.24) is 0 Å². The first kappa shape index (κ1) is 9.79. The van der Waals surface area contributed by atoms with Gasteiger partial charge in [-0.2, -0.15) is 13.5 Å². The molecule has 0 bridgehead atoms. The Morgan fingerprint density at radius 1 is 1.10 bits per heavy atom. The maximum absolute atomic E-state index is 3.21. The molecular formula is C8H9BrS. The molecule has 0 saturated heterocycles. The van der Waals surface area contributed by atoms with Crippen LogP contribution in [-0.4, -0.2) is 0 Å². The van der Waals surface area contributed by atoms with Crippen LogP contribution in [0, 0.1) is 0 Å². The predicted molar refractivity (Wildman–Crippen MR) is 54.8 cm³/mol. The van der Waals surface area contributed by atoms with E-state index in [0.29, 0.717) is 0 Å². The van der Waals surface area contributed by atoms with Gasteiger partial charge >= 0.3 is 0 Å². The first-order chi connectivity index (χ1) is 4.43. The summed E-state index contributed by atoms with van der Waals surface area (Å²) < 4.78 is 0. The fourth-order valence-corrected chi connectivity index (χ4v) is 0.942. The summed E-state index contributed by atoms with van der Waals surface area (Å²) in [5.74, 6) is 0. The topological polar surface area (TPSA) is 0 Å². The number of halogens is 1. The highest BCUT2D eigenvalue weighted by molar-refractivity contribution is 9.11. The Bertz CT molecular complexity index is 194. The van der Waals surface area contributed by atoms with Crippen molar-refractivity contribution in [2.24, 2.45) is 0 Å². The SMILES string of the molecule is BrC=Cc1ccccc1.S. The van der Waals surface area contributed by atoms with Crippen LogP contribution in [0.3, 0.4) is 0 Å². The van der Waals surface area contributed by atoms with Crippen molar-refractivity contribution >= 4 is 35.5 Å². The Hall–Kier alpha value is -0.210. The molecule has 0 aliphatic carbocycles. The Kier molecular flexibility index (Phi) is 5.45. The number of hydrogen-bond acceptors (Lipinski definition) is 0. The molecule has 1 rings (SSSR count). The fraction of sp³-hybridized carbons (Fsp3) is 0. The monoisotopic (exact) mass is 216 g/mol. The van der Waals surface area contributed by atoms with Gasteiger partial charge in [0.2, 0.25) is 0 Å². The highest BCUT2D eigenvalue weighted by atomic mass is 79.9. The lowest BCUT2D eigenvalue weighted by Gasteiger charge is -1.86. The molecule has 0 heterocycles. The van der Waals surface area contributed by atoms with Gasteiger partial charge in [-0.15, -0.1) is 0 Å². The zero-order valence-corrected chi connectivity index (χ0v) is 8.01. The predicted octanol–water partition coefficient (Wildman–Crippen LogP) is 3.17. The minimum atomic E-state index is 0. The van der Waals surface area contributed by atoms with E-state index in [1.165, 1.54) is 5.56 Å². The summed E-state index contributed by atoms with van der Waals surface area (Å²) in [5.41, 5.74) is 1.22. The van der Waals surface area contributed by atoms with Crippen LogP contribution in [0.5, 0.6) is 0 Å². The second-order valence-corrected chi connectivity index (χ2v) is 2.23. The second-order valence-electron chi connectivity index (χ2n) is 1.70. The molecule has 0 saturated carbocycles. The van der Waals surface area contributed by atoms with E-state index >= 15 is 0 Å². The van der Waals surface area contributed by atoms with Gasteiger partial charge in [0.05, 0.1) is 0 Å². The summed E-state index contributed by atoms with van der Waals surface area (Å²) in [4.78, 5) is 1.85. The average molecular weight is 217 g/mol. The smallest absolute Gasteiger partial charge is 0.0183 e. The summed E-state index contributed by atoms with van der Waals surface area (Å²) in [7, 11) is 0. The van der Waals surface area contributed by atoms with Crippen molar-refractivity contribution < 1.29 is 0 Å². The second kappa shape index (κ2) is 5.57. The molecule has 2 heteroatoms. The number of hydrogen-bond donors (Lipinski definition) is 0. The zero-order valence-electron chi connectivity index (χ0n) is 5.42. The minimum absolute atomic E-state index is 0. The van der Waals surface area contributed by atoms with Crippen LogP contribution < -0.4 is 0 Å². The van der Waals surface area contributed by atoms with E-state index in [-0.39, 0.29) is 13.5 Å². The maximum atomic E-state index is 3.21. The number of benzene rings is 1. The van der Waals surface area contributed by atoms with Gasteiger partial charge in [0.25, 0.3) is 0 Å². The van der Waals surface area contributed by atoms with Crippen LogP contribution in [0.4, 0.5) is 0 Å². The van der Waals surface area contributed by atoms with Crippen LogP contribution in [0.25, 0.3) is 6.08 Å².